The van der Waals surface area contributed by atoms with Crippen LogP contribution >= 0.6 is 0 Å². The van der Waals surface area contributed by atoms with Crippen molar-refractivity contribution in [2.45, 2.75) is 25.4 Å². The summed E-state index contributed by atoms with van der Waals surface area (Å²) in [6, 6.07) is 10.4. The summed E-state index contributed by atoms with van der Waals surface area (Å²) < 4.78 is 29.1. The number of benzene rings is 2. The van der Waals surface area contributed by atoms with Gasteiger partial charge in [-0.2, -0.15) is 5.10 Å². The maximum atomic E-state index is 13.8. The fourth-order valence-corrected chi connectivity index (χ4v) is 4.22. The standard InChI is InChI=1S/C24H23F2N7O/c25-16-7-8-19(26)18(10-16)24(34)29-11-14-3-5-15(6-4-14)21-20-22(27)30-13-31-23(20)33(32-21)17-2-1-9-28-12-17/h3-8,10,13,17,28H,1-2,9,11-12H2,(H,29,34)(H2,27,30,31). The minimum Gasteiger partial charge on any atom is -0.383 e. The summed E-state index contributed by atoms with van der Waals surface area (Å²) in [5.74, 6) is -1.76. The number of anilines is 1. The third kappa shape index (κ3) is 4.19. The van der Waals surface area contributed by atoms with Crippen LogP contribution in [0.25, 0.3) is 22.3 Å². The maximum absolute atomic E-state index is 13.8. The number of hydrogen-bond donors (Lipinski definition) is 3. The fraction of sp³-hybridized carbons (Fsp3) is 0.250. The van der Waals surface area contributed by atoms with Gasteiger partial charge in [0.05, 0.1) is 17.0 Å². The number of halogens is 2. The lowest BCUT2D eigenvalue weighted by Crippen LogP contribution is -2.32. The molecule has 4 N–H and O–H groups in total. The zero-order valence-electron chi connectivity index (χ0n) is 18.3. The molecule has 1 atom stereocenters. The Balaban J connectivity index is 1.38. The lowest BCUT2D eigenvalue weighted by Gasteiger charge is -2.23. The number of nitrogens with zero attached hydrogens (tertiary/aromatic N) is 4. The number of rotatable bonds is 5. The number of aromatic nitrogens is 4. The van der Waals surface area contributed by atoms with Gasteiger partial charge in [0.15, 0.2) is 5.65 Å². The molecule has 1 aliphatic heterocycles. The third-order valence-corrected chi connectivity index (χ3v) is 5.99. The van der Waals surface area contributed by atoms with E-state index in [-0.39, 0.29) is 18.2 Å². The number of nitrogens with one attached hydrogen (secondary N) is 2. The van der Waals surface area contributed by atoms with Gasteiger partial charge in [0, 0.05) is 18.7 Å². The predicted octanol–water partition coefficient (Wildman–Crippen LogP) is 3.21. The minimum atomic E-state index is -0.773. The van der Waals surface area contributed by atoms with Crippen molar-refractivity contribution in [3.63, 3.8) is 0 Å². The molecule has 0 radical (unpaired) electrons. The molecule has 2 aromatic carbocycles. The molecule has 0 spiro atoms. The SMILES string of the molecule is Nc1ncnc2c1c(-c1ccc(CNC(=O)c3cc(F)ccc3F)cc1)nn2C1CCCNC1. The lowest BCUT2D eigenvalue weighted by molar-refractivity contribution is 0.0946. The van der Waals surface area contributed by atoms with E-state index >= 15 is 0 Å². The molecular formula is C24H23F2N7O. The van der Waals surface area contributed by atoms with Crippen LogP contribution < -0.4 is 16.4 Å². The second kappa shape index (κ2) is 9.14. The summed E-state index contributed by atoms with van der Waals surface area (Å²) in [6.45, 7) is 1.96. The Hall–Kier alpha value is -3.92. The van der Waals surface area contributed by atoms with E-state index in [9.17, 15) is 13.6 Å². The minimum absolute atomic E-state index is 0.156. The monoisotopic (exact) mass is 463 g/mol. The number of hydrogen-bond acceptors (Lipinski definition) is 6. The first-order valence-corrected chi connectivity index (χ1v) is 11.0. The molecule has 1 unspecified atom stereocenters. The highest BCUT2D eigenvalue weighted by molar-refractivity contribution is 5.98. The molecular weight excluding hydrogens is 440 g/mol. The third-order valence-electron chi connectivity index (χ3n) is 5.99. The van der Waals surface area contributed by atoms with Gasteiger partial charge in [-0.1, -0.05) is 24.3 Å². The summed E-state index contributed by atoms with van der Waals surface area (Å²) >= 11 is 0. The van der Waals surface area contributed by atoms with Crippen LogP contribution in [-0.4, -0.2) is 38.7 Å². The molecule has 1 fully saturated rings. The second-order valence-electron chi connectivity index (χ2n) is 8.25. The normalized spacial score (nSPS) is 16.0. The molecule has 174 valence electrons. The molecule has 1 amide bonds. The Morgan fingerprint density at radius 3 is 2.76 bits per heavy atom. The number of nitrogen functional groups attached to an aromatic ring is 1. The molecule has 0 saturated carbocycles. The van der Waals surface area contributed by atoms with Gasteiger partial charge >= 0.3 is 0 Å². The second-order valence-corrected chi connectivity index (χ2v) is 8.25. The Labute approximate surface area is 194 Å². The first kappa shape index (κ1) is 21.9. The summed E-state index contributed by atoms with van der Waals surface area (Å²) in [6.07, 6.45) is 3.50. The highest BCUT2D eigenvalue weighted by Gasteiger charge is 2.23. The van der Waals surface area contributed by atoms with Gasteiger partial charge in [-0.3, -0.25) is 4.79 Å². The van der Waals surface area contributed by atoms with E-state index in [4.69, 9.17) is 10.8 Å². The molecule has 10 heteroatoms. The van der Waals surface area contributed by atoms with Crippen LogP contribution in [0.2, 0.25) is 0 Å². The Kier molecular flexibility index (Phi) is 5.89. The van der Waals surface area contributed by atoms with Crippen molar-refractivity contribution >= 4 is 22.8 Å². The summed E-state index contributed by atoms with van der Waals surface area (Å²) in [4.78, 5) is 20.9. The van der Waals surface area contributed by atoms with Gasteiger partial charge in [0.1, 0.15) is 29.5 Å². The van der Waals surface area contributed by atoms with Crippen molar-refractivity contribution < 1.29 is 13.6 Å². The van der Waals surface area contributed by atoms with E-state index in [0.717, 1.165) is 55.3 Å². The lowest BCUT2D eigenvalue weighted by atomic mass is 10.1. The Morgan fingerprint density at radius 2 is 2.00 bits per heavy atom. The maximum Gasteiger partial charge on any atom is 0.254 e. The highest BCUT2D eigenvalue weighted by Crippen LogP contribution is 2.33. The van der Waals surface area contributed by atoms with Crippen molar-refractivity contribution in [1.29, 1.82) is 0 Å². The number of nitrogens with two attached hydrogens (primary N) is 1. The fourth-order valence-electron chi connectivity index (χ4n) is 4.22. The van der Waals surface area contributed by atoms with Crippen LogP contribution in [0.3, 0.4) is 0 Å². The number of carbonyl (C=O) groups excluding carboxylic acids is 1. The van der Waals surface area contributed by atoms with Crippen LogP contribution in [-0.2, 0) is 6.54 Å². The number of piperidine rings is 1. The molecule has 3 heterocycles. The van der Waals surface area contributed by atoms with Gasteiger partial charge in [-0.25, -0.2) is 23.4 Å². The highest BCUT2D eigenvalue weighted by atomic mass is 19.1. The first-order chi connectivity index (χ1) is 16.5. The average molecular weight is 463 g/mol. The van der Waals surface area contributed by atoms with Crippen molar-refractivity contribution in [3.8, 4) is 11.3 Å². The topological polar surface area (TPSA) is 111 Å². The molecule has 4 aromatic rings. The number of amides is 1. The van der Waals surface area contributed by atoms with E-state index in [1.165, 1.54) is 6.33 Å². The number of carbonyl (C=O) groups is 1. The largest absolute Gasteiger partial charge is 0.383 e. The Morgan fingerprint density at radius 1 is 1.18 bits per heavy atom. The number of fused-ring (bicyclic) bond motifs is 1. The summed E-state index contributed by atoms with van der Waals surface area (Å²) in [5.41, 5.74) is 8.88. The van der Waals surface area contributed by atoms with E-state index in [2.05, 4.69) is 20.6 Å². The van der Waals surface area contributed by atoms with Crippen LogP contribution in [0.4, 0.5) is 14.6 Å². The Bertz CT molecular complexity index is 1350. The summed E-state index contributed by atoms with van der Waals surface area (Å²) in [5, 5.41) is 11.6. The molecule has 0 bridgehead atoms. The van der Waals surface area contributed by atoms with E-state index in [1.807, 2.05) is 28.9 Å². The van der Waals surface area contributed by atoms with Crippen molar-refractivity contribution in [3.05, 3.63) is 71.6 Å². The molecule has 34 heavy (non-hydrogen) atoms. The van der Waals surface area contributed by atoms with Crippen LogP contribution in [0.15, 0.2) is 48.8 Å². The predicted molar refractivity (Wildman–Crippen MR) is 124 cm³/mol. The molecule has 1 saturated heterocycles. The van der Waals surface area contributed by atoms with E-state index in [0.29, 0.717) is 22.5 Å². The first-order valence-electron chi connectivity index (χ1n) is 11.0. The van der Waals surface area contributed by atoms with E-state index < -0.39 is 17.5 Å². The summed E-state index contributed by atoms with van der Waals surface area (Å²) in [7, 11) is 0. The molecule has 2 aromatic heterocycles. The zero-order valence-corrected chi connectivity index (χ0v) is 18.3. The molecule has 1 aliphatic rings. The van der Waals surface area contributed by atoms with Crippen LogP contribution in [0.1, 0.15) is 34.8 Å². The molecule has 8 nitrogen and oxygen atoms in total. The van der Waals surface area contributed by atoms with Crippen LogP contribution in [0, 0.1) is 11.6 Å². The quantitative estimate of drug-likeness (QED) is 0.419. The van der Waals surface area contributed by atoms with Crippen molar-refractivity contribution in [2.75, 3.05) is 18.8 Å². The molecule has 5 rings (SSSR count). The van der Waals surface area contributed by atoms with Crippen LogP contribution in [0.5, 0.6) is 0 Å². The average Bonchev–Trinajstić information content (AvgIpc) is 3.26. The van der Waals surface area contributed by atoms with Gasteiger partial charge < -0.3 is 16.4 Å². The van der Waals surface area contributed by atoms with Gasteiger partial charge in [0.25, 0.3) is 5.91 Å². The van der Waals surface area contributed by atoms with E-state index in [1.54, 1.807) is 0 Å². The zero-order chi connectivity index (χ0) is 23.7. The van der Waals surface area contributed by atoms with Gasteiger partial charge in [0.2, 0.25) is 0 Å². The van der Waals surface area contributed by atoms with Crippen molar-refractivity contribution in [2.24, 2.45) is 0 Å². The molecule has 0 aliphatic carbocycles. The van der Waals surface area contributed by atoms with Crippen molar-refractivity contribution in [1.82, 2.24) is 30.4 Å². The van der Waals surface area contributed by atoms with Gasteiger partial charge in [-0.05, 0) is 43.1 Å². The smallest absolute Gasteiger partial charge is 0.254 e. The van der Waals surface area contributed by atoms with Gasteiger partial charge in [-0.15, -0.1) is 0 Å².